The smallest absolute Gasteiger partial charge is 0.133 e. The minimum absolute atomic E-state index is 0.389. The highest BCUT2D eigenvalue weighted by Gasteiger charge is 2.11. The van der Waals surface area contributed by atoms with Crippen LogP contribution in [0.25, 0.3) is 0 Å². The van der Waals surface area contributed by atoms with Crippen molar-refractivity contribution in [3.8, 4) is 17.6 Å². The zero-order valence-corrected chi connectivity index (χ0v) is 13.3. The number of benzene rings is 1. The van der Waals surface area contributed by atoms with E-state index in [4.69, 9.17) is 14.7 Å². The normalized spacial score (nSPS) is 12.0. The molecular formula is C16H17N3O2S. The van der Waals surface area contributed by atoms with E-state index < -0.39 is 0 Å². The summed E-state index contributed by atoms with van der Waals surface area (Å²) in [5.74, 6) is 1.17. The lowest BCUT2D eigenvalue weighted by atomic mass is 10.2. The molecule has 1 aromatic carbocycles. The highest BCUT2D eigenvalue weighted by atomic mass is 32.1. The van der Waals surface area contributed by atoms with Crippen molar-refractivity contribution in [2.45, 2.75) is 12.8 Å². The van der Waals surface area contributed by atoms with Crippen LogP contribution in [-0.2, 0) is 0 Å². The second kappa shape index (κ2) is 8.15. The Bertz CT molecular complexity index is 659. The first-order valence-electron chi connectivity index (χ1n) is 6.81. The Morgan fingerprint density at radius 2 is 2.09 bits per heavy atom. The summed E-state index contributed by atoms with van der Waals surface area (Å²) in [6.45, 7) is 2.86. The highest BCUT2D eigenvalue weighted by Crippen LogP contribution is 2.18. The molecule has 0 amide bonds. The van der Waals surface area contributed by atoms with Gasteiger partial charge < -0.3 is 9.47 Å². The quantitative estimate of drug-likeness (QED) is 0.581. The van der Waals surface area contributed by atoms with Crippen molar-refractivity contribution in [2.75, 3.05) is 20.3 Å². The van der Waals surface area contributed by atoms with Gasteiger partial charge in [0.05, 0.1) is 19.7 Å². The third kappa shape index (κ3) is 4.57. The van der Waals surface area contributed by atoms with Gasteiger partial charge in [0.1, 0.15) is 29.0 Å². The first kappa shape index (κ1) is 16.0. The maximum Gasteiger partial charge on any atom is 0.133 e. The summed E-state index contributed by atoms with van der Waals surface area (Å²) in [4.78, 5) is 8.55. The second-order valence-corrected chi connectivity index (χ2v) is 5.40. The van der Waals surface area contributed by atoms with E-state index in [2.05, 4.69) is 16.0 Å². The predicted molar refractivity (Wildman–Crippen MR) is 87.1 cm³/mol. The van der Waals surface area contributed by atoms with Crippen molar-refractivity contribution in [3.05, 3.63) is 40.3 Å². The minimum Gasteiger partial charge on any atom is -0.497 e. The number of ether oxygens (including phenoxy) is 2. The summed E-state index contributed by atoms with van der Waals surface area (Å²) in [5, 5.41) is 11.9. The Morgan fingerprint density at radius 3 is 2.68 bits per heavy atom. The first-order chi connectivity index (χ1) is 10.7. The first-order valence-corrected chi connectivity index (χ1v) is 7.69. The van der Waals surface area contributed by atoms with E-state index in [0.29, 0.717) is 13.2 Å². The fourth-order valence-electron chi connectivity index (χ4n) is 1.74. The number of nitrogens with zero attached hydrogens (tertiary/aromatic N) is 3. The van der Waals surface area contributed by atoms with E-state index in [-0.39, 0.29) is 5.92 Å². The molecule has 1 heterocycles. The van der Waals surface area contributed by atoms with Crippen LogP contribution in [0.15, 0.2) is 34.6 Å². The number of hydrogen-bond acceptors (Lipinski definition) is 6. The molecule has 1 atom stereocenters. The molecular weight excluding hydrogens is 298 g/mol. The Balaban J connectivity index is 1.78. The molecule has 0 fully saturated rings. The van der Waals surface area contributed by atoms with Crippen LogP contribution in [0.5, 0.6) is 11.5 Å². The van der Waals surface area contributed by atoms with Crippen LogP contribution >= 0.6 is 11.3 Å². The Labute approximate surface area is 133 Å². The van der Waals surface area contributed by atoms with Crippen LogP contribution in [0, 0.1) is 18.3 Å². The van der Waals surface area contributed by atoms with Gasteiger partial charge in [0.25, 0.3) is 0 Å². The number of methoxy groups -OCH3 is 1. The van der Waals surface area contributed by atoms with Gasteiger partial charge in [-0.1, -0.05) is 0 Å². The molecule has 2 aromatic rings. The summed E-state index contributed by atoms with van der Waals surface area (Å²) in [6, 6.07) is 9.57. The summed E-state index contributed by atoms with van der Waals surface area (Å²) >= 11 is 1.48. The molecule has 2 rings (SSSR count). The number of rotatable bonds is 7. The van der Waals surface area contributed by atoms with E-state index in [1.54, 1.807) is 13.3 Å². The van der Waals surface area contributed by atoms with Gasteiger partial charge in [0, 0.05) is 17.3 Å². The summed E-state index contributed by atoms with van der Waals surface area (Å²) in [7, 11) is 1.63. The van der Waals surface area contributed by atoms with Crippen LogP contribution < -0.4 is 9.47 Å². The molecule has 22 heavy (non-hydrogen) atoms. The van der Waals surface area contributed by atoms with Crippen molar-refractivity contribution in [3.63, 3.8) is 0 Å². The molecule has 0 spiro atoms. The Hall–Kier alpha value is -2.39. The molecule has 0 N–H and O–H groups in total. The van der Waals surface area contributed by atoms with Gasteiger partial charge in [0.15, 0.2) is 0 Å². The Morgan fingerprint density at radius 1 is 1.36 bits per heavy atom. The molecule has 114 valence electrons. The van der Waals surface area contributed by atoms with E-state index in [1.165, 1.54) is 11.3 Å². The molecule has 0 bridgehead atoms. The molecule has 0 unspecified atom stereocenters. The molecule has 0 aliphatic heterocycles. The molecule has 6 heteroatoms. The molecule has 0 radical (unpaired) electrons. The fraction of sp³-hybridized carbons (Fsp3) is 0.312. The maximum atomic E-state index is 9.15. The predicted octanol–water partition coefficient (Wildman–Crippen LogP) is 3.22. The summed E-state index contributed by atoms with van der Waals surface area (Å²) in [5.41, 5.74) is 0.927. The third-order valence-corrected chi connectivity index (χ3v) is 3.89. The number of thiazole rings is 1. The van der Waals surface area contributed by atoms with Crippen molar-refractivity contribution >= 4 is 17.6 Å². The molecule has 5 nitrogen and oxygen atoms in total. The SMILES string of the molecule is COc1ccc(OCCN=C[C@H](C#N)c2nc(C)cs2)cc1. The average molecular weight is 315 g/mol. The number of nitriles is 1. The summed E-state index contributed by atoms with van der Waals surface area (Å²) < 4.78 is 10.6. The second-order valence-electron chi connectivity index (χ2n) is 4.51. The van der Waals surface area contributed by atoms with Gasteiger partial charge in [-0.25, -0.2) is 4.98 Å². The molecule has 0 aliphatic carbocycles. The molecule has 0 aliphatic rings. The van der Waals surface area contributed by atoms with Crippen molar-refractivity contribution < 1.29 is 9.47 Å². The molecule has 1 aromatic heterocycles. The zero-order chi connectivity index (χ0) is 15.8. The standard InChI is InChI=1S/C16H17N3O2S/c1-12-11-22-16(19-12)13(9-17)10-18-7-8-21-15-5-3-14(20-2)4-6-15/h3-6,10-11,13H,7-8H2,1-2H3/t13-/m0/s1. The van der Waals surface area contributed by atoms with Crippen LogP contribution in [0.1, 0.15) is 16.6 Å². The summed E-state index contributed by atoms with van der Waals surface area (Å²) in [6.07, 6.45) is 1.63. The van der Waals surface area contributed by atoms with Crippen LogP contribution in [0.2, 0.25) is 0 Å². The van der Waals surface area contributed by atoms with Crippen LogP contribution in [-0.4, -0.2) is 31.5 Å². The van der Waals surface area contributed by atoms with Gasteiger partial charge in [-0.05, 0) is 31.2 Å². The lowest BCUT2D eigenvalue weighted by Crippen LogP contribution is -2.03. The lowest BCUT2D eigenvalue weighted by Gasteiger charge is -2.05. The maximum absolute atomic E-state index is 9.15. The van der Waals surface area contributed by atoms with Crippen molar-refractivity contribution in [1.82, 2.24) is 4.98 Å². The Kier molecular flexibility index (Phi) is 5.92. The average Bonchev–Trinajstić information content (AvgIpc) is 2.97. The zero-order valence-electron chi connectivity index (χ0n) is 12.5. The number of aliphatic imine (C=N–C) groups is 1. The molecule has 0 saturated heterocycles. The van der Waals surface area contributed by atoms with Gasteiger partial charge in [0.2, 0.25) is 0 Å². The largest absolute Gasteiger partial charge is 0.497 e. The number of aromatic nitrogens is 1. The van der Waals surface area contributed by atoms with Crippen molar-refractivity contribution in [1.29, 1.82) is 5.26 Å². The van der Waals surface area contributed by atoms with E-state index >= 15 is 0 Å². The minimum atomic E-state index is -0.389. The van der Waals surface area contributed by atoms with Gasteiger partial charge in [-0.2, -0.15) is 5.26 Å². The lowest BCUT2D eigenvalue weighted by molar-refractivity contribution is 0.328. The van der Waals surface area contributed by atoms with Gasteiger partial charge in [-0.3, -0.25) is 4.99 Å². The highest BCUT2D eigenvalue weighted by molar-refractivity contribution is 7.09. The number of aryl methyl sites for hydroxylation is 1. The van der Waals surface area contributed by atoms with Crippen LogP contribution in [0.3, 0.4) is 0 Å². The van der Waals surface area contributed by atoms with E-state index in [9.17, 15) is 0 Å². The van der Waals surface area contributed by atoms with Gasteiger partial charge in [-0.15, -0.1) is 11.3 Å². The van der Waals surface area contributed by atoms with E-state index in [1.807, 2.05) is 36.6 Å². The molecule has 0 saturated carbocycles. The topological polar surface area (TPSA) is 67.5 Å². The third-order valence-electron chi connectivity index (χ3n) is 2.84. The monoisotopic (exact) mass is 315 g/mol. The fourth-order valence-corrected chi connectivity index (χ4v) is 2.54. The van der Waals surface area contributed by atoms with Crippen molar-refractivity contribution in [2.24, 2.45) is 4.99 Å². The van der Waals surface area contributed by atoms with Crippen LogP contribution in [0.4, 0.5) is 0 Å². The number of hydrogen-bond donors (Lipinski definition) is 0. The van der Waals surface area contributed by atoms with Gasteiger partial charge >= 0.3 is 0 Å². The van der Waals surface area contributed by atoms with E-state index in [0.717, 1.165) is 22.2 Å².